The van der Waals surface area contributed by atoms with Crippen LogP contribution in [0, 0.1) is 10.1 Å². The summed E-state index contributed by atoms with van der Waals surface area (Å²) in [6.45, 7) is 0. The Balaban J connectivity index is 2.29. The lowest BCUT2D eigenvalue weighted by atomic mass is 10.2. The number of hydrogen-bond donors (Lipinski definition) is 1. The van der Waals surface area contributed by atoms with Crippen molar-refractivity contribution >= 4 is 38.5 Å². The van der Waals surface area contributed by atoms with Crippen molar-refractivity contribution in [1.29, 1.82) is 0 Å². The molecule has 1 aromatic heterocycles. The zero-order chi connectivity index (χ0) is 14.8. The van der Waals surface area contributed by atoms with Crippen LogP contribution in [0.2, 0.25) is 0 Å². The Morgan fingerprint density at radius 1 is 1.00 bits per heavy atom. The predicted octanol–water partition coefficient (Wildman–Crippen LogP) is 3.91. The van der Waals surface area contributed by atoms with Crippen LogP contribution >= 0.6 is 11.3 Å². The maximum atomic E-state index is 12.0. The zero-order valence-corrected chi connectivity index (χ0v) is 11.6. The molecule has 0 unspecified atom stereocenters. The highest BCUT2D eigenvalue weighted by Gasteiger charge is 2.22. The van der Waals surface area contributed by atoms with Crippen LogP contribution in [0.1, 0.15) is 0 Å². The molecule has 0 fully saturated rings. The number of nitrogens with one attached hydrogen (secondary N) is 1. The molecule has 0 saturated carbocycles. The van der Waals surface area contributed by atoms with Crippen molar-refractivity contribution in [3.05, 3.63) is 74.2 Å². The molecule has 3 rings (SSSR count). The minimum Gasteiger partial charge on any atom is -0.349 e. The summed E-state index contributed by atoms with van der Waals surface area (Å²) in [4.78, 5) is 22.6. The molecule has 0 amide bonds. The summed E-state index contributed by atoms with van der Waals surface area (Å²) in [5.74, 6) is 0. The molecule has 0 atom stereocenters. The van der Waals surface area contributed by atoms with Gasteiger partial charge in [0.25, 0.3) is 0 Å². The highest BCUT2D eigenvalue weighted by molar-refractivity contribution is 7.16. The number of nitrogens with zero attached hydrogens (tertiary/aromatic N) is 1. The molecule has 1 heterocycles. The summed E-state index contributed by atoms with van der Waals surface area (Å²) in [6.07, 6.45) is 0. The van der Waals surface area contributed by atoms with Gasteiger partial charge in [-0.15, -0.1) is 0 Å². The van der Waals surface area contributed by atoms with E-state index in [4.69, 9.17) is 0 Å². The first kappa shape index (κ1) is 13.3. The maximum absolute atomic E-state index is 12.0. The Bertz CT molecular complexity index is 875. The topological polar surface area (TPSA) is 72.2 Å². The second kappa shape index (κ2) is 5.34. The van der Waals surface area contributed by atoms with E-state index in [1.54, 1.807) is 36.4 Å². The van der Waals surface area contributed by atoms with Crippen molar-refractivity contribution in [2.24, 2.45) is 0 Å². The maximum Gasteiger partial charge on any atom is 0.350 e. The summed E-state index contributed by atoms with van der Waals surface area (Å²) < 4.78 is 0.156. The minimum absolute atomic E-state index is 0.241. The van der Waals surface area contributed by atoms with E-state index in [9.17, 15) is 14.9 Å². The summed E-state index contributed by atoms with van der Waals surface area (Å²) in [7, 11) is 0. The molecule has 3 aromatic rings. The molecule has 1 N–H and O–H groups in total. The van der Waals surface area contributed by atoms with Crippen LogP contribution in [-0.2, 0) is 0 Å². The highest BCUT2D eigenvalue weighted by Crippen LogP contribution is 2.34. The molecular formula is C15H10N2O3S. The van der Waals surface area contributed by atoms with Crippen molar-refractivity contribution in [3.8, 4) is 0 Å². The lowest BCUT2D eigenvalue weighted by Crippen LogP contribution is -2.08. The fraction of sp³-hybridized carbons (Fsp3) is 0. The Morgan fingerprint density at radius 3 is 2.38 bits per heavy atom. The minimum atomic E-state index is -0.628. The quantitative estimate of drug-likeness (QED) is 0.587. The van der Waals surface area contributed by atoms with E-state index < -0.39 is 15.4 Å². The molecule has 21 heavy (non-hydrogen) atoms. The van der Waals surface area contributed by atoms with E-state index in [0.717, 1.165) is 11.3 Å². The molecule has 2 aromatic carbocycles. The van der Waals surface area contributed by atoms with Gasteiger partial charge in [0.15, 0.2) is 0 Å². The summed E-state index contributed by atoms with van der Waals surface area (Å²) >= 11 is 0.884. The number of hydrogen-bond acceptors (Lipinski definition) is 5. The van der Waals surface area contributed by atoms with Crippen molar-refractivity contribution < 1.29 is 4.92 Å². The normalized spacial score (nSPS) is 10.5. The van der Waals surface area contributed by atoms with Gasteiger partial charge in [0.1, 0.15) is 5.69 Å². The Kier molecular flexibility index (Phi) is 3.37. The van der Waals surface area contributed by atoms with Gasteiger partial charge < -0.3 is 5.32 Å². The third-order valence-electron chi connectivity index (χ3n) is 3.01. The second-order valence-corrected chi connectivity index (χ2v) is 5.37. The third kappa shape index (κ3) is 2.48. The average Bonchev–Trinajstić information content (AvgIpc) is 2.47. The van der Waals surface area contributed by atoms with E-state index in [1.165, 1.54) is 0 Å². The van der Waals surface area contributed by atoms with Gasteiger partial charge in [-0.1, -0.05) is 47.7 Å². The van der Waals surface area contributed by atoms with Gasteiger partial charge >= 0.3 is 10.4 Å². The van der Waals surface area contributed by atoms with Crippen LogP contribution < -0.4 is 10.1 Å². The number of anilines is 2. The summed E-state index contributed by atoms with van der Waals surface area (Å²) in [6, 6.07) is 16.2. The SMILES string of the molecule is O=c1sc2ccccc2c(Nc2ccccc2)c1[N+](=O)[O-]. The van der Waals surface area contributed by atoms with E-state index in [-0.39, 0.29) is 5.69 Å². The van der Waals surface area contributed by atoms with Crippen LogP contribution in [0.4, 0.5) is 17.1 Å². The van der Waals surface area contributed by atoms with E-state index in [1.807, 2.05) is 18.2 Å². The van der Waals surface area contributed by atoms with Crippen LogP contribution in [0.5, 0.6) is 0 Å². The van der Waals surface area contributed by atoms with E-state index in [2.05, 4.69) is 5.32 Å². The predicted molar refractivity (Wildman–Crippen MR) is 84.5 cm³/mol. The Morgan fingerprint density at radius 2 is 1.67 bits per heavy atom. The first-order chi connectivity index (χ1) is 10.2. The second-order valence-electron chi connectivity index (χ2n) is 4.36. The van der Waals surface area contributed by atoms with Gasteiger partial charge in [-0.3, -0.25) is 14.9 Å². The summed E-state index contributed by atoms with van der Waals surface area (Å²) in [5, 5.41) is 14.9. The fourth-order valence-corrected chi connectivity index (χ4v) is 3.00. The largest absolute Gasteiger partial charge is 0.350 e. The Hall–Kier alpha value is -2.73. The smallest absolute Gasteiger partial charge is 0.349 e. The van der Waals surface area contributed by atoms with E-state index >= 15 is 0 Å². The molecule has 5 nitrogen and oxygen atoms in total. The van der Waals surface area contributed by atoms with Gasteiger partial charge in [-0.2, -0.15) is 0 Å². The molecule has 0 aliphatic carbocycles. The van der Waals surface area contributed by atoms with Crippen LogP contribution in [0.3, 0.4) is 0 Å². The molecule has 0 bridgehead atoms. The van der Waals surface area contributed by atoms with Crippen LogP contribution in [-0.4, -0.2) is 4.92 Å². The molecule has 0 aliphatic rings. The fourth-order valence-electron chi connectivity index (χ4n) is 2.10. The zero-order valence-electron chi connectivity index (χ0n) is 10.8. The van der Waals surface area contributed by atoms with Crippen molar-refractivity contribution in [3.63, 3.8) is 0 Å². The molecule has 6 heteroatoms. The molecule has 0 radical (unpaired) electrons. The number of rotatable bonds is 3. The molecular weight excluding hydrogens is 288 g/mol. The standard InChI is InChI=1S/C15H10N2O3S/c18-15-14(17(19)20)13(16-10-6-2-1-3-7-10)11-8-4-5-9-12(11)21-15/h1-9,16H. The highest BCUT2D eigenvalue weighted by atomic mass is 32.1. The first-order valence-corrected chi connectivity index (χ1v) is 7.01. The van der Waals surface area contributed by atoms with Crippen molar-refractivity contribution in [2.75, 3.05) is 5.32 Å². The third-order valence-corrected chi connectivity index (χ3v) is 3.97. The average molecular weight is 298 g/mol. The number of para-hydroxylation sites is 1. The first-order valence-electron chi connectivity index (χ1n) is 6.19. The number of benzene rings is 2. The molecule has 0 saturated heterocycles. The van der Waals surface area contributed by atoms with Gasteiger partial charge in [-0.25, -0.2) is 0 Å². The van der Waals surface area contributed by atoms with Gasteiger partial charge in [0.05, 0.1) is 4.92 Å². The van der Waals surface area contributed by atoms with Gasteiger partial charge in [0.2, 0.25) is 0 Å². The van der Waals surface area contributed by atoms with E-state index in [0.29, 0.717) is 15.8 Å². The Labute approximate surface area is 123 Å². The lowest BCUT2D eigenvalue weighted by molar-refractivity contribution is -0.384. The number of fused-ring (bicyclic) bond motifs is 1. The monoisotopic (exact) mass is 298 g/mol. The van der Waals surface area contributed by atoms with Crippen molar-refractivity contribution in [2.45, 2.75) is 0 Å². The van der Waals surface area contributed by atoms with Crippen molar-refractivity contribution in [1.82, 2.24) is 0 Å². The number of nitro groups is 1. The van der Waals surface area contributed by atoms with Crippen LogP contribution in [0.15, 0.2) is 59.4 Å². The van der Waals surface area contributed by atoms with Gasteiger partial charge in [0, 0.05) is 15.8 Å². The molecule has 0 aliphatic heterocycles. The van der Waals surface area contributed by atoms with Gasteiger partial charge in [-0.05, 0) is 18.2 Å². The van der Waals surface area contributed by atoms with Crippen LogP contribution in [0.25, 0.3) is 10.1 Å². The molecule has 104 valence electrons. The molecule has 0 spiro atoms. The summed E-state index contributed by atoms with van der Waals surface area (Å²) in [5.41, 5.74) is 0.523. The lowest BCUT2D eigenvalue weighted by Gasteiger charge is -2.09.